The second-order valence-electron chi connectivity index (χ2n) is 5.21. The largest absolute Gasteiger partial charge is 0.288 e. The third-order valence-corrected chi connectivity index (χ3v) is 3.93. The van der Waals surface area contributed by atoms with Gasteiger partial charge in [0.25, 0.3) is 5.69 Å². The zero-order chi connectivity index (χ0) is 18.3. The SMILES string of the molecule is Cn1cc2cc([N+](=O)[O-])c(C(=O)c3cc(F)ccc3Cl)c(C#N)c2n1. The molecule has 0 saturated heterocycles. The summed E-state index contributed by atoms with van der Waals surface area (Å²) >= 11 is 5.93. The van der Waals surface area contributed by atoms with E-state index in [4.69, 9.17) is 11.6 Å². The minimum Gasteiger partial charge on any atom is -0.288 e. The number of ketones is 1. The van der Waals surface area contributed by atoms with Crippen molar-refractivity contribution in [2.45, 2.75) is 0 Å². The predicted molar refractivity (Wildman–Crippen MR) is 86.9 cm³/mol. The van der Waals surface area contributed by atoms with Crippen LogP contribution in [0.1, 0.15) is 21.5 Å². The third-order valence-electron chi connectivity index (χ3n) is 3.60. The predicted octanol–water partition coefficient (Wildman–Crippen LogP) is 3.38. The molecular formula is C16H8ClFN4O3. The number of nitrogens with zero attached hydrogens (tertiary/aromatic N) is 4. The van der Waals surface area contributed by atoms with Crippen molar-refractivity contribution in [1.82, 2.24) is 9.78 Å². The van der Waals surface area contributed by atoms with Gasteiger partial charge < -0.3 is 0 Å². The van der Waals surface area contributed by atoms with Gasteiger partial charge in [-0.25, -0.2) is 4.39 Å². The molecule has 2 aromatic carbocycles. The number of carbonyl (C=O) groups excluding carboxylic acids is 1. The average molecular weight is 359 g/mol. The first-order valence-electron chi connectivity index (χ1n) is 6.88. The molecule has 0 unspecified atom stereocenters. The Hall–Kier alpha value is -3.31. The maximum Gasteiger partial charge on any atom is 0.282 e. The normalized spacial score (nSPS) is 10.6. The van der Waals surface area contributed by atoms with E-state index < -0.39 is 27.8 Å². The molecule has 9 heteroatoms. The fourth-order valence-electron chi connectivity index (χ4n) is 2.56. The maximum absolute atomic E-state index is 13.5. The van der Waals surface area contributed by atoms with Crippen molar-refractivity contribution in [3.63, 3.8) is 0 Å². The number of nitro benzene ring substituents is 1. The van der Waals surface area contributed by atoms with Gasteiger partial charge in [-0.3, -0.25) is 19.6 Å². The lowest BCUT2D eigenvalue weighted by molar-refractivity contribution is -0.385. The Balaban J connectivity index is 2.39. The van der Waals surface area contributed by atoms with Gasteiger partial charge >= 0.3 is 0 Å². The van der Waals surface area contributed by atoms with Crippen LogP contribution in [0.2, 0.25) is 5.02 Å². The van der Waals surface area contributed by atoms with Crippen LogP contribution in [0.4, 0.5) is 10.1 Å². The van der Waals surface area contributed by atoms with Gasteiger partial charge in [0, 0.05) is 30.3 Å². The molecule has 0 aliphatic rings. The van der Waals surface area contributed by atoms with Gasteiger partial charge in [-0.15, -0.1) is 0 Å². The molecule has 124 valence electrons. The molecule has 1 aromatic heterocycles. The van der Waals surface area contributed by atoms with Crippen LogP contribution in [0.25, 0.3) is 10.9 Å². The number of fused-ring (bicyclic) bond motifs is 1. The summed E-state index contributed by atoms with van der Waals surface area (Å²) in [5.74, 6) is -1.65. The summed E-state index contributed by atoms with van der Waals surface area (Å²) in [4.78, 5) is 23.5. The molecule has 0 fully saturated rings. The topological polar surface area (TPSA) is 102 Å². The molecule has 3 aromatic rings. The van der Waals surface area contributed by atoms with Crippen LogP contribution < -0.4 is 0 Å². The molecule has 3 rings (SSSR count). The maximum atomic E-state index is 13.5. The molecular weight excluding hydrogens is 351 g/mol. The van der Waals surface area contributed by atoms with E-state index in [1.807, 2.05) is 0 Å². The van der Waals surface area contributed by atoms with E-state index in [1.54, 1.807) is 13.1 Å². The standard InChI is InChI=1S/C16H8ClFN4O3/c1-21-7-8-4-13(22(24)25)14(11(6-19)15(8)20-21)16(23)10-5-9(18)2-3-12(10)17/h2-5,7H,1H3. The number of nitriles is 1. The van der Waals surface area contributed by atoms with Crippen LogP contribution in [0.15, 0.2) is 30.5 Å². The zero-order valence-corrected chi connectivity index (χ0v) is 13.4. The van der Waals surface area contributed by atoms with E-state index in [0.29, 0.717) is 5.39 Å². The highest BCUT2D eigenvalue weighted by atomic mass is 35.5. The summed E-state index contributed by atoms with van der Waals surface area (Å²) in [6.07, 6.45) is 1.49. The third kappa shape index (κ3) is 2.70. The second kappa shape index (κ2) is 5.96. The van der Waals surface area contributed by atoms with E-state index in [-0.39, 0.29) is 21.7 Å². The molecule has 25 heavy (non-hydrogen) atoms. The summed E-state index contributed by atoms with van der Waals surface area (Å²) in [7, 11) is 1.58. The lowest BCUT2D eigenvalue weighted by Gasteiger charge is -2.07. The van der Waals surface area contributed by atoms with Gasteiger partial charge in [-0.1, -0.05) is 11.6 Å². The number of hydrogen-bond donors (Lipinski definition) is 0. The number of hydrogen-bond acceptors (Lipinski definition) is 5. The minimum absolute atomic E-state index is 0.0781. The van der Waals surface area contributed by atoms with E-state index >= 15 is 0 Å². The zero-order valence-electron chi connectivity index (χ0n) is 12.7. The smallest absolute Gasteiger partial charge is 0.282 e. The van der Waals surface area contributed by atoms with Crippen LogP contribution in [-0.4, -0.2) is 20.5 Å². The Morgan fingerprint density at radius 2 is 2.16 bits per heavy atom. The van der Waals surface area contributed by atoms with E-state index in [1.165, 1.54) is 16.9 Å². The van der Waals surface area contributed by atoms with Gasteiger partial charge in [0.05, 0.1) is 15.5 Å². The van der Waals surface area contributed by atoms with E-state index in [0.717, 1.165) is 18.2 Å². The summed E-state index contributed by atoms with van der Waals surface area (Å²) in [6.45, 7) is 0. The number of carbonyl (C=O) groups is 1. The highest BCUT2D eigenvalue weighted by Crippen LogP contribution is 2.33. The molecule has 7 nitrogen and oxygen atoms in total. The van der Waals surface area contributed by atoms with Crippen LogP contribution in [0, 0.1) is 27.3 Å². The summed E-state index contributed by atoms with van der Waals surface area (Å²) in [5.41, 5.74) is -1.41. The number of benzene rings is 2. The van der Waals surface area contributed by atoms with Crippen molar-refractivity contribution in [3.8, 4) is 6.07 Å². The van der Waals surface area contributed by atoms with Gasteiger partial charge in [0.1, 0.15) is 23.0 Å². The summed E-state index contributed by atoms with van der Waals surface area (Å²) in [6, 6.07) is 6.05. The van der Waals surface area contributed by atoms with Gasteiger partial charge in [0.2, 0.25) is 5.78 Å². The Labute approximate surface area is 145 Å². The lowest BCUT2D eigenvalue weighted by atomic mass is 9.95. The number of halogens is 2. The number of rotatable bonds is 3. The van der Waals surface area contributed by atoms with Crippen LogP contribution in [0.3, 0.4) is 0 Å². The Morgan fingerprint density at radius 3 is 2.80 bits per heavy atom. The van der Waals surface area contributed by atoms with Gasteiger partial charge in [0.15, 0.2) is 0 Å². The number of nitro groups is 1. The number of aryl methyl sites for hydroxylation is 1. The molecule has 0 aliphatic heterocycles. The molecule has 0 atom stereocenters. The summed E-state index contributed by atoms with van der Waals surface area (Å²) < 4.78 is 14.9. The molecule has 0 saturated carbocycles. The van der Waals surface area contributed by atoms with Crippen LogP contribution >= 0.6 is 11.6 Å². The Kier molecular flexibility index (Phi) is 3.94. The van der Waals surface area contributed by atoms with Gasteiger partial charge in [-0.05, 0) is 18.2 Å². The van der Waals surface area contributed by atoms with Gasteiger partial charge in [-0.2, -0.15) is 10.4 Å². The molecule has 0 bridgehead atoms. The Morgan fingerprint density at radius 1 is 1.44 bits per heavy atom. The monoisotopic (exact) mass is 358 g/mol. The number of aromatic nitrogens is 2. The first-order valence-corrected chi connectivity index (χ1v) is 7.26. The highest BCUT2D eigenvalue weighted by molar-refractivity contribution is 6.35. The second-order valence-corrected chi connectivity index (χ2v) is 5.62. The fraction of sp³-hybridized carbons (Fsp3) is 0.0625. The molecule has 1 heterocycles. The minimum atomic E-state index is -0.916. The van der Waals surface area contributed by atoms with Crippen LogP contribution in [0.5, 0.6) is 0 Å². The lowest BCUT2D eigenvalue weighted by Crippen LogP contribution is -2.10. The molecule has 0 amide bonds. The Bertz CT molecular complexity index is 1100. The molecule has 0 aliphatic carbocycles. The van der Waals surface area contributed by atoms with E-state index in [9.17, 15) is 24.6 Å². The van der Waals surface area contributed by atoms with E-state index in [2.05, 4.69) is 5.10 Å². The molecule has 0 N–H and O–H groups in total. The average Bonchev–Trinajstić information content (AvgIpc) is 2.94. The van der Waals surface area contributed by atoms with Crippen molar-refractivity contribution >= 4 is 34.0 Å². The first kappa shape index (κ1) is 16.5. The molecule has 0 spiro atoms. The fourth-order valence-corrected chi connectivity index (χ4v) is 2.76. The van der Waals surface area contributed by atoms with Crippen LogP contribution in [-0.2, 0) is 7.05 Å². The van der Waals surface area contributed by atoms with Crippen molar-refractivity contribution in [2.75, 3.05) is 0 Å². The highest BCUT2D eigenvalue weighted by Gasteiger charge is 2.30. The van der Waals surface area contributed by atoms with Crippen molar-refractivity contribution in [1.29, 1.82) is 5.26 Å². The first-order chi connectivity index (χ1) is 11.8. The van der Waals surface area contributed by atoms with Crippen molar-refractivity contribution in [2.24, 2.45) is 7.05 Å². The summed E-state index contributed by atoms with van der Waals surface area (Å²) in [5, 5.41) is 25.2. The quantitative estimate of drug-likeness (QED) is 0.405. The molecule has 0 radical (unpaired) electrons. The van der Waals surface area contributed by atoms with Crippen molar-refractivity contribution in [3.05, 3.63) is 68.1 Å². The van der Waals surface area contributed by atoms with Crippen molar-refractivity contribution < 1.29 is 14.1 Å².